The van der Waals surface area contributed by atoms with E-state index in [9.17, 15) is 13.2 Å². The van der Waals surface area contributed by atoms with Gasteiger partial charge in [0.05, 0.1) is 21.3 Å². The minimum atomic E-state index is -3.72. The lowest BCUT2D eigenvalue weighted by Gasteiger charge is -2.26. The third-order valence-electron chi connectivity index (χ3n) is 5.20. The van der Waals surface area contributed by atoms with Gasteiger partial charge in [-0.1, -0.05) is 12.5 Å². The van der Waals surface area contributed by atoms with Crippen LogP contribution < -0.4 is 19.5 Å². The molecule has 0 bridgehead atoms. The number of piperidine rings is 1. The number of methoxy groups -OCH3 is 3. The lowest BCUT2D eigenvalue weighted by Crippen LogP contribution is -2.35. The highest BCUT2D eigenvalue weighted by Crippen LogP contribution is 2.31. The monoisotopic (exact) mass is 460 g/mol. The number of sulfonamides is 1. The van der Waals surface area contributed by atoms with E-state index < -0.39 is 15.9 Å². The zero-order valence-corrected chi connectivity index (χ0v) is 19.3. The summed E-state index contributed by atoms with van der Waals surface area (Å²) in [5, 5.41) is 2.71. The molecule has 172 valence electrons. The molecule has 1 heterocycles. The molecule has 1 amide bonds. The summed E-state index contributed by atoms with van der Waals surface area (Å²) in [4.78, 5) is 12.5. The molecular formula is C23H28N2O6S. The fourth-order valence-corrected chi connectivity index (χ4v) is 5.21. The highest BCUT2D eigenvalue weighted by Gasteiger charge is 2.29. The van der Waals surface area contributed by atoms with Gasteiger partial charge in [0, 0.05) is 24.9 Å². The van der Waals surface area contributed by atoms with Gasteiger partial charge in [-0.15, -0.1) is 0 Å². The van der Waals surface area contributed by atoms with Crippen molar-refractivity contribution in [3.8, 4) is 17.2 Å². The minimum absolute atomic E-state index is 0.0450. The summed E-state index contributed by atoms with van der Waals surface area (Å²) in [7, 11) is 0.796. The van der Waals surface area contributed by atoms with E-state index in [-0.39, 0.29) is 10.6 Å². The molecule has 0 atom stereocenters. The van der Waals surface area contributed by atoms with E-state index in [1.165, 1.54) is 30.7 Å². The SMILES string of the molecule is COc1ccc(/C=C/C(=O)Nc2ccc(OC)c(S(=O)(=O)N3CCCCC3)c2)cc1OC. The Bertz CT molecular complexity index is 1090. The van der Waals surface area contributed by atoms with Crippen LogP contribution in [0.2, 0.25) is 0 Å². The number of hydrogen-bond donors (Lipinski definition) is 1. The van der Waals surface area contributed by atoms with Crippen molar-refractivity contribution in [1.82, 2.24) is 4.31 Å². The molecule has 2 aromatic carbocycles. The van der Waals surface area contributed by atoms with Crippen LogP contribution in [0.3, 0.4) is 0 Å². The first-order chi connectivity index (χ1) is 15.4. The van der Waals surface area contributed by atoms with E-state index >= 15 is 0 Å². The lowest BCUT2D eigenvalue weighted by molar-refractivity contribution is -0.111. The molecular weight excluding hydrogens is 432 g/mol. The summed E-state index contributed by atoms with van der Waals surface area (Å²) in [6.07, 6.45) is 5.68. The predicted molar refractivity (Wildman–Crippen MR) is 123 cm³/mol. The second-order valence-electron chi connectivity index (χ2n) is 7.27. The molecule has 0 unspecified atom stereocenters. The van der Waals surface area contributed by atoms with Crippen LogP contribution >= 0.6 is 0 Å². The van der Waals surface area contributed by atoms with Gasteiger partial charge in [-0.05, 0) is 54.8 Å². The highest BCUT2D eigenvalue weighted by atomic mass is 32.2. The Morgan fingerprint density at radius 2 is 1.56 bits per heavy atom. The van der Waals surface area contributed by atoms with Crippen molar-refractivity contribution in [1.29, 1.82) is 0 Å². The molecule has 0 aliphatic carbocycles. The van der Waals surface area contributed by atoms with Gasteiger partial charge in [-0.2, -0.15) is 4.31 Å². The maximum absolute atomic E-state index is 13.1. The van der Waals surface area contributed by atoms with Crippen LogP contribution in [0.25, 0.3) is 6.08 Å². The van der Waals surface area contributed by atoms with Crippen molar-refractivity contribution in [3.05, 3.63) is 48.0 Å². The van der Waals surface area contributed by atoms with Crippen LogP contribution in [-0.2, 0) is 14.8 Å². The molecule has 2 aromatic rings. The summed E-state index contributed by atoms with van der Waals surface area (Å²) in [6.45, 7) is 0.965. The van der Waals surface area contributed by atoms with Crippen LogP contribution in [0.1, 0.15) is 24.8 Å². The van der Waals surface area contributed by atoms with Gasteiger partial charge in [-0.3, -0.25) is 4.79 Å². The third-order valence-corrected chi connectivity index (χ3v) is 7.12. The van der Waals surface area contributed by atoms with Gasteiger partial charge in [-0.25, -0.2) is 8.42 Å². The number of amides is 1. The van der Waals surface area contributed by atoms with Gasteiger partial charge < -0.3 is 19.5 Å². The van der Waals surface area contributed by atoms with E-state index in [2.05, 4.69) is 5.32 Å². The average Bonchev–Trinajstić information content (AvgIpc) is 2.83. The van der Waals surface area contributed by atoms with Crippen molar-refractivity contribution in [3.63, 3.8) is 0 Å². The minimum Gasteiger partial charge on any atom is -0.495 e. The number of carbonyl (C=O) groups excluding carboxylic acids is 1. The lowest BCUT2D eigenvalue weighted by atomic mass is 10.2. The zero-order chi connectivity index (χ0) is 23.1. The number of rotatable bonds is 8. The summed E-state index contributed by atoms with van der Waals surface area (Å²) in [6, 6.07) is 9.88. The van der Waals surface area contributed by atoms with Gasteiger partial charge >= 0.3 is 0 Å². The molecule has 1 aliphatic rings. The third kappa shape index (κ3) is 5.41. The normalized spacial score (nSPS) is 14.8. The van der Waals surface area contributed by atoms with Gasteiger partial charge in [0.2, 0.25) is 15.9 Å². The van der Waals surface area contributed by atoms with E-state index in [0.717, 1.165) is 24.8 Å². The number of nitrogens with one attached hydrogen (secondary N) is 1. The van der Waals surface area contributed by atoms with Crippen molar-refractivity contribution >= 4 is 27.7 Å². The Morgan fingerprint density at radius 1 is 0.906 bits per heavy atom. The number of ether oxygens (including phenoxy) is 3. The molecule has 9 heteroatoms. The Morgan fingerprint density at radius 3 is 2.22 bits per heavy atom. The van der Waals surface area contributed by atoms with Crippen molar-refractivity contribution in [2.24, 2.45) is 0 Å². The number of nitrogens with zero attached hydrogens (tertiary/aromatic N) is 1. The summed E-state index contributed by atoms with van der Waals surface area (Å²) >= 11 is 0. The van der Waals surface area contributed by atoms with Crippen LogP contribution in [0.4, 0.5) is 5.69 Å². The Kier molecular flexibility index (Phi) is 7.76. The molecule has 0 radical (unpaired) electrons. The Labute approximate surface area is 188 Å². The molecule has 1 N–H and O–H groups in total. The van der Waals surface area contributed by atoms with Crippen molar-refractivity contribution < 1.29 is 27.4 Å². The van der Waals surface area contributed by atoms with Crippen molar-refractivity contribution in [2.75, 3.05) is 39.7 Å². The van der Waals surface area contributed by atoms with E-state index in [1.54, 1.807) is 43.5 Å². The molecule has 1 fully saturated rings. The first-order valence-corrected chi connectivity index (χ1v) is 11.7. The second kappa shape index (κ2) is 10.5. The van der Waals surface area contributed by atoms with E-state index in [1.807, 2.05) is 0 Å². The van der Waals surface area contributed by atoms with Crippen LogP contribution in [0, 0.1) is 0 Å². The molecule has 0 aromatic heterocycles. The Balaban J connectivity index is 1.78. The standard InChI is InChI=1S/C23H28N2O6S/c1-29-19-10-7-17(15-21(19)31-3)8-12-23(26)24-18-9-11-20(30-2)22(16-18)32(27,28)25-13-5-4-6-14-25/h7-12,15-16H,4-6,13-14H2,1-3H3,(H,24,26)/b12-8+. The van der Waals surface area contributed by atoms with Crippen LogP contribution in [0.15, 0.2) is 47.4 Å². The van der Waals surface area contributed by atoms with Gasteiger partial charge in [0.1, 0.15) is 10.6 Å². The number of benzene rings is 2. The second-order valence-corrected chi connectivity index (χ2v) is 9.17. The van der Waals surface area contributed by atoms with Gasteiger partial charge in [0.15, 0.2) is 11.5 Å². The molecule has 32 heavy (non-hydrogen) atoms. The van der Waals surface area contributed by atoms with Crippen molar-refractivity contribution in [2.45, 2.75) is 24.2 Å². The quantitative estimate of drug-likeness (QED) is 0.606. The summed E-state index contributed by atoms with van der Waals surface area (Å²) in [5.41, 5.74) is 1.12. The molecule has 8 nitrogen and oxygen atoms in total. The Hall–Kier alpha value is -3.04. The fourth-order valence-electron chi connectivity index (χ4n) is 3.51. The van der Waals surface area contributed by atoms with E-state index in [0.29, 0.717) is 30.3 Å². The first kappa shape index (κ1) is 23.6. The molecule has 0 saturated carbocycles. The number of hydrogen-bond acceptors (Lipinski definition) is 6. The zero-order valence-electron chi connectivity index (χ0n) is 18.5. The average molecular weight is 461 g/mol. The molecule has 1 saturated heterocycles. The number of anilines is 1. The molecule has 0 spiro atoms. The maximum Gasteiger partial charge on any atom is 0.248 e. The number of carbonyl (C=O) groups is 1. The molecule has 3 rings (SSSR count). The first-order valence-electron chi connectivity index (χ1n) is 10.3. The summed E-state index contributed by atoms with van der Waals surface area (Å²) < 4.78 is 43.5. The van der Waals surface area contributed by atoms with Crippen LogP contribution in [0.5, 0.6) is 17.2 Å². The largest absolute Gasteiger partial charge is 0.495 e. The van der Waals surface area contributed by atoms with E-state index in [4.69, 9.17) is 14.2 Å². The topological polar surface area (TPSA) is 94.2 Å². The summed E-state index contributed by atoms with van der Waals surface area (Å²) in [5.74, 6) is 0.994. The smallest absolute Gasteiger partial charge is 0.248 e. The highest BCUT2D eigenvalue weighted by molar-refractivity contribution is 7.89. The van der Waals surface area contributed by atoms with Crippen LogP contribution in [-0.4, -0.2) is 53.0 Å². The molecule has 1 aliphatic heterocycles. The predicted octanol–water partition coefficient (Wildman–Crippen LogP) is 3.54. The maximum atomic E-state index is 13.1. The van der Waals surface area contributed by atoms with Gasteiger partial charge in [0.25, 0.3) is 0 Å². The fraction of sp³-hybridized carbons (Fsp3) is 0.348.